The van der Waals surface area contributed by atoms with Gasteiger partial charge in [-0.3, -0.25) is 11.3 Å². The van der Waals surface area contributed by atoms with Crippen molar-refractivity contribution in [2.24, 2.45) is 5.84 Å². The molecule has 0 spiro atoms. The second-order valence-electron chi connectivity index (χ2n) is 4.23. The van der Waals surface area contributed by atoms with Crippen molar-refractivity contribution in [2.75, 3.05) is 0 Å². The average Bonchev–Trinajstić information content (AvgIpc) is 2.77. The van der Waals surface area contributed by atoms with Crippen LogP contribution in [0.15, 0.2) is 18.2 Å². The van der Waals surface area contributed by atoms with Crippen LogP contribution in [0.3, 0.4) is 0 Å². The van der Waals surface area contributed by atoms with Crippen molar-refractivity contribution in [1.82, 2.24) is 5.43 Å². The van der Waals surface area contributed by atoms with Crippen molar-refractivity contribution in [3.63, 3.8) is 0 Å². The Hall–Kier alpha value is -1.30. The highest BCUT2D eigenvalue weighted by atomic mass is 15.2. The zero-order valence-electron chi connectivity index (χ0n) is 9.72. The number of hydrogen-bond donors (Lipinski definition) is 2. The summed E-state index contributed by atoms with van der Waals surface area (Å²) in [5.74, 6) is 11.6. The molecule has 0 amide bonds. The second kappa shape index (κ2) is 5.16. The van der Waals surface area contributed by atoms with Crippen LogP contribution in [0.5, 0.6) is 0 Å². The van der Waals surface area contributed by atoms with Crippen LogP contribution < -0.4 is 11.3 Å². The van der Waals surface area contributed by atoms with E-state index in [1.807, 2.05) is 6.92 Å². The van der Waals surface area contributed by atoms with E-state index in [4.69, 9.17) is 5.84 Å². The van der Waals surface area contributed by atoms with Gasteiger partial charge < -0.3 is 0 Å². The fourth-order valence-electron chi connectivity index (χ4n) is 2.29. The monoisotopic (exact) mass is 214 g/mol. The van der Waals surface area contributed by atoms with Gasteiger partial charge in [-0.1, -0.05) is 18.2 Å². The predicted octanol–water partition coefficient (Wildman–Crippen LogP) is 2.09. The van der Waals surface area contributed by atoms with Gasteiger partial charge in [0.05, 0.1) is 6.04 Å². The number of aryl methyl sites for hydroxylation is 2. The van der Waals surface area contributed by atoms with E-state index in [1.54, 1.807) is 0 Å². The van der Waals surface area contributed by atoms with Crippen molar-refractivity contribution in [2.45, 2.75) is 38.6 Å². The molecule has 0 saturated heterocycles. The van der Waals surface area contributed by atoms with E-state index in [2.05, 4.69) is 35.5 Å². The predicted molar refractivity (Wildman–Crippen MR) is 66.6 cm³/mol. The average molecular weight is 214 g/mol. The van der Waals surface area contributed by atoms with E-state index in [-0.39, 0.29) is 6.04 Å². The molecule has 0 radical (unpaired) electrons. The highest BCUT2D eigenvalue weighted by molar-refractivity contribution is 5.36. The molecule has 0 aliphatic heterocycles. The van der Waals surface area contributed by atoms with E-state index in [0.717, 1.165) is 6.42 Å². The minimum absolute atomic E-state index is 0.151. The fourth-order valence-corrected chi connectivity index (χ4v) is 2.29. The molecule has 0 fully saturated rings. The zero-order chi connectivity index (χ0) is 11.4. The Bertz CT molecular complexity index is 426. The van der Waals surface area contributed by atoms with Crippen LogP contribution in [0.4, 0.5) is 0 Å². The van der Waals surface area contributed by atoms with E-state index in [9.17, 15) is 0 Å². The molecule has 0 bridgehead atoms. The molecule has 16 heavy (non-hydrogen) atoms. The maximum absolute atomic E-state index is 5.57. The van der Waals surface area contributed by atoms with E-state index in [0.29, 0.717) is 0 Å². The van der Waals surface area contributed by atoms with Gasteiger partial charge in [0, 0.05) is 6.42 Å². The van der Waals surface area contributed by atoms with Crippen LogP contribution in [-0.2, 0) is 12.8 Å². The number of nitrogens with two attached hydrogens (primary N) is 1. The minimum Gasteiger partial charge on any atom is -0.271 e. The molecule has 1 unspecified atom stereocenters. The number of hydrazine groups is 1. The maximum atomic E-state index is 5.57. The molecule has 2 rings (SSSR count). The van der Waals surface area contributed by atoms with Gasteiger partial charge in [-0.2, -0.15) is 0 Å². The van der Waals surface area contributed by atoms with E-state index >= 15 is 0 Å². The standard InChI is InChI=1S/C14H18N2/c1-2-3-7-14(16-15)13-9-8-11-5-4-6-12(11)10-13/h8-10,14,16H,4-7,15H2,1H3. The van der Waals surface area contributed by atoms with Crippen molar-refractivity contribution < 1.29 is 0 Å². The number of rotatable bonds is 3. The van der Waals surface area contributed by atoms with Crippen LogP contribution >= 0.6 is 0 Å². The van der Waals surface area contributed by atoms with Gasteiger partial charge in [0.25, 0.3) is 0 Å². The van der Waals surface area contributed by atoms with Crippen molar-refractivity contribution in [3.05, 3.63) is 34.9 Å². The normalized spacial score (nSPS) is 15.1. The SMILES string of the molecule is CC#CCC(NN)c1ccc2c(c1)CCC2. The van der Waals surface area contributed by atoms with E-state index in [1.165, 1.54) is 36.0 Å². The molecule has 1 aromatic carbocycles. The molecule has 0 saturated carbocycles. The molecular weight excluding hydrogens is 196 g/mol. The second-order valence-corrected chi connectivity index (χ2v) is 4.23. The largest absolute Gasteiger partial charge is 0.271 e. The summed E-state index contributed by atoms with van der Waals surface area (Å²) < 4.78 is 0. The molecular formula is C14H18N2. The third-order valence-corrected chi connectivity index (χ3v) is 3.21. The Balaban J connectivity index is 2.20. The lowest BCUT2D eigenvalue weighted by Gasteiger charge is -2.14. The number of nitrogens with one attached hydrogen (secondary N) is 1. The van der Waals surface area contributed by atoms with Gasteiger partial charge in [0.15, 0.2) is 0 Å². The summed E-state index contributed by atoms with van der Waals surface area (Å²) in [6, 6.07) is 6.84. The van der Waals surface area contributed by atoms with Gasteiger partial charge in [-0.05, 0) is 42.9 Å². The van der Waals surface area contributed by atoms with Gasteiger partial charge in [-0.25, -0.2) is 0 Å². The van der Waals surface area contributed by atoms with Crippen LogP contribution in [0.25, 0.3) is 0 Å². The molecule has 1 atom stereocenters. The first-order chi connectivity index (χ1) is 7.85. The lowest BCUT2D eigenvalue weighted by atomic mass is 9.99. The maximum Gasteiger partial charge on any atom is 0.0569 e. The van der Waals surface area contributed by atoms with Crippen LogP contribution in [0.1, 0.15) is 42.5 Å². The minimum atomic E-state index is 0.151. The number of hydrogen-bond acceptors (Lipinski definition) is 2. The molecule has 2 nitrogen and oxygen atoms in total. The quantitative estimate of drug-likeness (QED) is 0.459. The van der Waals surface area contributed by atoms with Gasteiger partial charge >= 0.3 is 0 Å². The Morgan fingerprint density at radius 3 is 2.94 bits per heavy atom. The van der Waals surface area contributed by atoms with Crippen LogP contribution in [0, 0.1) is 11.8 Å². The molecule has 1 aliphatic rings. The summed E-state index contributed by atoms with van der Waals surface area (Å²) in [5.41, 5.74) is 7.09. The summed E-state index contributed by atoms with van der Waals surface area (Å²) in [5, 5.41) is 0. The fraction of sp³-hybridized carbons (Fsp3) is 0.429. The lowest BCUT2D eigenvalue weighted by molar-refractivity contribution is 0.567. The third-order valence-electron chi connectivity index (χ3n) is 3.21. The van der Waals surface area contributed by atoms with Crippen LogP contribution in [-0.4, -0.2) is 0 Å². The summed E-state index contributed by atoms with van der Waals surface area (Å²) in [7, 11) is 0. The summed E-state index contributed by atoms with van der Waals surface area (Å²) in [6.07, 6.45) is 4.49. The summed E-state index contributed by atoms with van der Waals surface area (Å²) >= 11 is 0. The molecule has 84 valence electrons. The molecule has 2 heteroatoms. The Labute approximate surface area is 97.2 Å². The van der Waals surface area contributed by atoms with Crippen molar-refractivity contribution in [3.8, 4) is 11.8 Å². The van der Waals surface area contributed by atoms with Gasteiger partial charge in [0.1, 0.15) is 0 Å². The lowest BCUT2D eigenvalue weighted by Crippen LogP contribution is -2.27. The Morgan fingerprint density at radius 1 is 1.38 bits per heavy atom. The summed E-state index contributed by atoms with van der Waals surface area (Å²) in [4.78, 5) is 0. The molecule has 3 N–H and O–H groups in total. The molecule has 0 aromatic heterocycles. The Morgan fingerprint density at radius 2 is 2.19 bits per heavy atom. The molecule has 1 aromatic rings. The topological polar surface area (TPSA) is 38.0 Å². The number of fused-ring (bicyclic) bond motifs is 1. The molecule has 1 aliphatic carbocycles. The highest BCUT2D eigenvalue weighted by Crippen LogP contribution is 2.26. The smallest absolute Gasteiger partial charge is 0.0569 e. The van der Waals surface area contributed by atoms with E-state index < -0.39 is 0 Å². The molecule has 0 heterocycles. The van der Waals surface area contributed by atoms with Crippen molar-refractivity contribution >= 4 is 0 Å². The zero-order valence-corrected chi connectivity index (χ0v) is 9.72. The number of benzene rings is 1. The summed E-state index contributed by atoms with van der Waals surface area (Å²) in [6.45, 7) is 1.86. The first kappa shape index (κ1) is 11.2. The highest BCUT2D eigenvalue weighted by Gasteiger charge is 2.14. The van der Waals surface area contributed by atoms with Gasteiger partial charge in [-0.15, -0.1) is 11.8 Å². The first-order valence-corrected chi connectivity index (χ1v) is 5.82. The third kappa shape index (κ3) is 2.27. The van der Waals surface area contributed by atoms with Crippen LogP contribution in [0.2, 0.25) is 0 Å². The van der Waals surface area contributed by atoms with Crippen molar-refractivity contribution in [1.29, 1.82) is 0 Å². The van der Waals surface area contributed by atoms with Gasteiger partial charge in [0.2, 0.25) is 0 Å². The first-order valence-electron chi connectivity index (χ1n) is 5.82. The Kier molecular flexibility index (Phi) is 3.61.